The van der Waals surface area contributed by atoms with Gasteiger partial charge in [-0.15, -0.1) is 0 Å². The summed E-state index contributed by atoms with van der Waals surface area (Å²) >= 11 is 0. The number of unbranched alkanes of at least 4 members (excludes halogenated alkanes) is 1. The zero-order chi connectivity index (χ0) is 23.8. The number of rotatable bonds is 11. The molecule has 1 saturated heterocycles. The lowest BCUT2D eigenvalue weighted by molar-refractivity contribution is -0.139. The Morgan fingerprint density at radius 2 is 2.03 bits per heavy atom. The maximum Gasteiger partial charge on any atom is 0.310 e. The van der Waals surface area contributed by atoms with E-state index < -0.39 is 11.9 Å². The second kappa shape index (κ2) is 12.0. The van der Waals surface area contributed by atoms with Crippen molar-refractivity contribution in [1.82, 2.24) is 15.2 Å². The number of aryl methyl sites for hydroxylation is 2. The normalized spacial score (nSPS) is 18.6. The van der Waals surface area contributed by atoms with E-state index in [1.165, 1.54) is 12.0 Å². The number of fused-ring (bicyclic) bond motifs is 1. The van der Waals surface area contributed by atoms with Gasteiger partial charge >= 0.3 is 5.97 Å². The Labute approximate surface area is 202 Å². The topological polar surface area (TPSA) is 94.6 Å². The SMILES string of the molecule is O=C(CCC(C(=O)O)c1ccccc1)NC1CCN(CCCCc2ccc3c(n2)NCCC3)C1. The number of likely N-dealkylation sites (tertiary alicyclic amines) is 1. The number of hydrogen-bond donors (Lipinski definition) is 3. The van der Waals surface area contributed by atoms with E-state index in [-0.39, 0.29) is 18.4 Å². The highest BCUT2D eigenvalue weighted by atomic mass is 16.4. The molecule has 0 radical (unpaired) electrons. The summed E-state index contributed by atoms with van der Waals surface area (Å²) in [6, 6.07) is 13.7. The molecule has 0 bridgehead atoms. The largest absolute Gasteiger partial charge is 0.481 e. The minimum atomic E-state index is -0.882. The van der Waals surface area contributed by atoms with Gasteiger partial charge in [-0.25, -0.2) is 4.98 Å². The van der Waals surface area contributed by atoms with Crippen molar-refractivity contribution < 1.29 is 14.7 Å². The number of hydrogen-bond acceptors (Lipinski definition) is 5. The summed E-state index contributed by atoms with van der Waals surface area (Å²) in [7, 11) is 0. The molecule has 1 aromatic heterocycles. The molecule has 0 saturated carbocycles. The second-order valence-corrected chi connectivity index (χ2v) is 9.49. The number of nitrogens with one attached hydrogen (secondary N) is 2. The Kier molecular flexibility index (Phi) is 8.52. The molecule has 2 aliphatic rings. The maximum atomic E-state index is 12.4. The van der Waals surface area contributed by atoms with Crippen LogP contribution >= 0.6 is 0 Å². The first-order valence-electron chi connectivity index (χ1n) is 12.6. The van der Waals surface area contributed by atoms with Gasteiger partial charge in [0.05, 0.1) is 5.92 Å². The fraction of sp³-hybridized carbons (Fsp3) is 0.519. The van der Waals surface area contributed by atoms with E-state index in [9.17, 15) is 14.7 Å². The fourth-order valence-corrected chi connectivity index (χ4v) is 5.00. The minimum absolute atomic E-state index is 0.0545. The molecular formula is C27H36N4O3. The van der Waals surface area contributed by atoms with Gasteiger partial charge in [0.25, 0.3) is 0 Å². The van der Waals surface area contributed by atoms with Crippen LogP contribution < -0.4 is 10.6 Å². The lowest BCUT2D eigenvalue weighted by Crippen LogP contribution is -2.37. The van der Waals surface area contributed by atoms with Gasteiger partial charge in [-0.05, 0) is 68.7 Å². The van der Waals surface area contributed by atoms with Crippen molar-refractivity contribution in [3.8, 4) is 0 Å². The average molecular weight is 465 g/mol. The second-order valence-electron chi connectivity index (χ2n) is 9.49. The highest BCUT2D eigenvalue weighted by molar-refractivity contribution is 5.79. The molecule has 0 aliphatic carbocycles. The number of aliphatic carboxylic acids is 1. The summed E-state index contributed by atoms with van der Waals surface area (Å²) in [6.07, 6.45) is 7.01. The summed E-state index contributed by atoms with van der Waals surface area (Å²) in [4.78, 5) is 31.3. The number of carboxylic acid groups (broad SMARTS) is 1. The summed E-state index contributed by atoms with van der Waals surface area (Å²) in [5.41, 5.74) is 3.24. The highest BCUT2D eigenvalue weighted by Crippen LogP contribution is 2.22. The Bertz CT molecular complexity index is 966. The molecule has 1 amide bonds. The number of carboxylic acids is 1. The summed E-state index contributed by atoms with van der Waals surface area (Å²) in [5.74, 6) is -0.512. The molecule has 7 nitrogen and oxygen atoms in total. The van der Waals surface area contributed by atoms with E-state index >= 15 is 0 Å². The van der Waals surface area contributed by atoms with Crippen molar-refractivity contribution in [2.75, 3.05) is 31.5 Å². The molecule has 3 heterocycles. The maximum absolute atomic E-state index is 12.4. The van der Waals surface area contributed by atoms with Crippen molar-refractivity contribution in [1.29, 1.82) is 0 Å². The van der Waals surface area contributed by atoms with Crippen LogP contribution in [0.1, 0.15) is 61.3 Å². The average Bonchev–Trinajstić information content (AvgIpc) is 3.29. The zero-order valence-corrected chi connectivity index (χ0v) is 19.8. The van der Waals surface area contributed by atoms with Crippen molar-refractivity contribution >= 4 is 17.7 Å². The summed E-state index contributed by atoms with van der Waals surface area (Å²) in [5, 5.41) is 16.1. The van der Waals surface area contributed by atoms with Crippen LogP contribution in [0.3, 0.4) is 0 Å². The van der Waals surface area contributed by atoms with Crippen LogP contribution in [0.25, 0.3) is 0 Å². The molecular weight excluding hydrogens is 428 g/mol. The van der Waals surface area contributed by atoms with Gasteiger partial charge in [-0.2, -0.15) is 0 Å². The molecule has 4 rings (SSSR count). The fourth-order valence-electron chi connectivity index (χ4n) is 5.00. The first-order chi connectivity index (χ1) is 16.6. The number of carbonyl (C=O) groups is 2. The van der Waals surface area contributed by atoms with Crippen LogP contribution in [0.4, 0.5) is 5.82 Å². The Morgan fingerprint density at radius 3 is 2.85 bits per heavy atom. The van der Waals surface area contributed by atoms with Crippen LogP contribution in [-0.2, 0) is 22.4 Å². The Hall–Kier alpha value is -2.93. The molecule has 182 valence electrons. The van der Waals surface area contributed by atoms with Gasteiger partial charge in [0.1, 0.15) is 5.82 Å². The van der Waals surface area contributed by atoms with E-state index in [1.807, 2.05) is 30.3 Å². The lowest BCUT2D eigenvalue weighted by Gasteiger charge is -2.18. The Balaban J connectivity index is 1.13. The van der Waals surface area contributed by atoms with E-state index in [1.54, 1.807) is 0 Å². The van der Waals surface area contributed by atoms with Crippen LogP contribution in [0, 0.1) is 0 Å². The van der Waals surface area contributed by atoms with Crippen LogP contribution in [0.15, 0.2) is 42.5 Å². The predicted octanol–water partition coefficient (Wildman–Crippen LogP) is 3.60. The van der Waals surface area contributed by atoms with Gasteiger partial charge in [0, 0.05) is 37.8 Å². The predicted molar refractivity (Wildman–Crippen MR) is 133 cm³/mol. The van der Waals surface area contributed by atoms with Crippen LogP contribution in [-0.4, -0.2) is 59.1 Å². The quantitative estimate of drug-likeness (QED) is 0.440. The summed E-state index contributed by atoms with van der Waals surface area (Å²) < 4.78 is 0. The molecule has 34 heavy (non-hydrogen) atoms. The molecule has 3 N–H and O–H groups in total. The van der Waals surface area contributed by atoms with Gasteiger partial charge in [0.2, 0.25) is 5.91 Å². The number of carbonyl (C=O) groups excluding carboxylic acids is 1. The third-order valence-electron chi connectivity index (χ3n) is 6.91. The number of pyridine rings is 1. The third kappa shape index (κ3) is 6.79. The number of nitrogens with zero attached hydrogens (tertiary/aromatic N) is 2. The minimum Gasteiger partial charge on any atom is -0.481 e. The molecule has 0 spiro atoms. The van der Waals surface area contributed by atoms with E-state index in [2.05, 4.69) is 27.7 Å². The van der Waals surface area contributed by atoms with Crippen molar-refractivity contribution in [3.63, 3.8) is 0 Å². The molecule has 2 atom stereocenters. The van der Waals surface area contributed by atoms with Crippen LogP contribution in [0.2, 0.25) is 0 Å². The highest BCUT2D eigenvalue weighted by Gasteiger charge is 2.25. The lowest BCUT2D eigenvalue weighted by atomic mass is 9.94. The first kappa shape index (κ1) is 24.2. The number of amides is 1. The van der Waals surface area contributed by atoms with Crippen molar-refractivity contribution in [2.45, 2.75) is 63.3 Å². The van der Waals surface area contributed by atoms with E-state index in [0.29, 0.717) is 6.42 Å². The molecule has 1 fully saturated rings. The molecule has 2 aliphatic heterocycles. The molecule has 2 aromatic rings. The Morgan fingerprint density at radius 1 is 1.18 bits per heavy atom. The smallest absolute Gasteiger partial charge is 0.310 e. The monoisotopic (exact) mass is 464 g/mol. The van der Waals surface area contributed by atoms with E-state index in [0.717, 1.165) is 75.4 Å². The first-order valence-corrected chi connectivity index (χ1v) is 12.6. The van der Waals surface area contributed by atoms with Crippen molar-refractivity contribution in [2.24, 2.45) is 0 Å². The molecule has 2 unspecified atom stereocenters. The molecule has 7 heteroatoms. The number of aromatic nitrogens is 1. The van der Waals surface area contributed by atoms with Gasteiger partial charge in [0.15, 0.2) is 0 Å². The van der Waals surface area contributed by atoms with Gasteiger partial charge < -0.3 is 20.6 Å². The molecule has 1 aromatic carbocycles. The summed E-state index contributed by atoms with van der Waals surface area (Å²) in [6.45, 7) is 3.91. The van der Waals surface area contributed by atoms with Gasteiger partial charge in [-0.1, -0.05) is 36.4 Å². The third-order valence-corrected chi connectivity index (χ3v) is 6.91. The van der Waals surface area contributed by atoms with E-state index in [4.69, 9.17) is 4.98 Å². The standard InChI is InChI=1S/C27H36N4O3/c32-25(14-13-24(27(33)34)20-7-2-1-3-8-20)29-23-15-18-31(19-23)17-5-4-10-22-12-11-21-9-6-16-28-26(21)30-22/h1-3,7-8,11-12,23-24H,4-6,9-10,13-19H2,(H,28,30)(H,29,32)(H,33,34). The van der Waals surface area contributed by atoms with Gasteiger partial charge in [-0.3, -0.25) is 9.59 Å². The zero-order valence-electron chi connectivity index (χ0n) is 19.8. The van der Waals surface area contributed by atoms with Crippen molar-refractivity contribution in [3.05, 3.63) is 59.3 Å². The van der Waals surface area contributed by atoms with Crippen LogP contribution in [0.5, 0.6) is 0 Å². The number of anilines is 1. The number of benzene rings is 1.